The molecule has 0 bridgehead atoms. The average molecular weight is 1480 g/mol. The van der Waals surface area contributed by atoms with E-state index in [1.807, 2.05) is 0 Å². The highest BCUT2D eigenvalue weighted by atomic mass is 31.2. The number of hydrogen-bond acceptors (Lipinski definition) is 15. The molecule has 0 fully saturated rings. The van der Waals surface area contributed by atoms with Crippen LogP contribution in [0.3, 0.4) is 0 Å². The van der Waals surface area contributed by atoms with E-state index in [1.165, 1.54) is 225 Å². The van der Waals surface area contributed by atoms with Crippen LogP contribution < -0.4 is 0 Å². The van der Waals surface area contributed by atoms with Crippen molar-refractivity contribution in [1.29, 1.82) is 0 Å². The van der Waals surface area contributed by atoms with E-state index in [9.17, 15) is 43.2 Å². The molecule has 3 N–H and O–H groups in total. The maximum atomic E-state index is 13.1. The molecule has 0 aliphatic carbocycles. The van der Waals surface area contributed by atoms with Gasteiger partial charge in [-0.1, -0.05) is 370 Å². The van der Waals surface area contributed by atoms with Gasteiger partial charge >= 0.3 is 39.5 Å². The first-order valence-corrected chi connectivity index (χ1v) is 45.3. The van der Waals surface area contributed by atoms with Crippen molar-refractivity contribution in [3.63, 3.8) is 0 Å². The SMILES string of the molecule is CCC(C)CCCCCCCCCCCCCCCCCCCCC(=O)O[C@H](COC(=O)CCCCCCCCCCCCCCC(C)C)COP(=O)(O)OC[C@@H](O)COP(=O)(O)OC[C@@H](COC(=O)CCCCCCCCCCC(C)CC)OC(=O)CCCCCCCCCCCC(C)C. The van der Waals surface area contributed by atoms with Crippen LogP contribution in [0.25, 0.3) is 0 Å². The summed E-state index contributed by atoms with van der Waals surface area (Å²) in [4.78, 5) is 73.0. The van der Waals surface area contributed by atoms with Crippen molar-refractivity contribution in [3.8, 4) is 0 Å². The highest BCUT2D eigenvalue weighted by Crippen LogP contribution is 2.45. The number of ether oxygens (including phenoxy) is 4. The molecule has 0 heterocycles. The zero-order chi connectivity index (χ0) is 74.6. The molecular formula is C82H160O17P2. The normalized spacial score (nSPS) is 14.5. The molecule has 17 nitrogen and oxygen atoms in total. The summed E-state index contributed by atoms with van der Waals surface area (Å²) < 4.78 is 68.7. The van der Waals surface area contributed by atoms with Crippen LogP contribution in [0, 0.1) is 23.7 Å². The van der Waals surface area contributed by atoms with E-state index >= 15 is 0 Å². The van der Waals surface area contributed by atoms with Gasteiger partial charge in [0, 0.05) is 25.7 Å². The number of unbranched alkanes of at least 4 members (excludes halogenated alkanes) is 43. The number of aliphatic hydroxyl groups is 1. The molecule has 0 aromatic heterocycles. The first-order chi connectivity index (χ1) is 48.7. The van der Waals surface area contributed by atoms with Gasteiger partial charge in [0.25, 0.3) is 0 Å². The highest BCUT2D eigenvalue weighted by Gasteiger charge is 2.30. The maximum Gasteiger partial charge on any atom is 0.472 e. The molecule has 101 heavy (non-hydrogen) atoms. The Morgan fingerprint density at radius 1 is 0.277 bits per heavy atom. The smallest absolute Gasteiger partial charge is 0.462 e. The Labute approximate surface area is 619 Å². The van der Waals surface area contributed by atoms with Crippen molar-refractivity contribution >= 4 is 39.5 Å². The van der Waals surface area contributed by atoms with E-state index in [2.05, 4.69) is 55.4 Å². The standard InChI is InChI=1S/C82H160O17P2/c1-9-74(7)60-52-44-36-28-22-17-15-13-11-12-14-16-18-24-30-40-48-56-64-81(86)98-77(68-92-79(84)62-54-46-38-29-23-20-19-21-26-34-42-50-58-72(3)4)70-96-100(88,89)94-66-76(83)67-95-101(90,91)97-71-78(99-82(87)65-57-49-41-31-25-27-35-43-51-59-73(5)6)69-93-80(85)63-55-47-39-33-32-37-45-53-61-75(8)10-2/h72-78,83H,9-71H2,1-8H3,(H,88,89)(H,90,91)/t74?,75?,76-,77-,78-/m1/s1. The number of aliphatic hydroxyl groups excluding tert-OH is 1. The molecule has 0 aliphatic heterocycles. The molecular weight excluding hydrogens is 1320 g/mol. The summed E-state index contributed by atoms with van der Waals surface area (Å²) in [5, 5.41) is 10.6. The lowest BCUT2D eigenvalue weighted by Crippen LogP contribution is -2.30. The highest BCUT2D eigenvalue weighted by molar-refractivity contribution is 7.47. The van der Waals surface area contributed by atoms with Crippen molar-refractivity contribution in [1.82, 2.24) is 0 Å². The largest absolute Gasteiger partial charge is 0.472 e. The zero-order valence-corrected chi connectivity index (χ0v) is 68.3. The number of phosphoric acid groups is 2. The van der Waals surface area contributed by atoms with Crippen LogP contribution in [0.2, 0.25) is 0 Å². The van der Waals surface area contributed by atoms with Gasteiger partial charge in [0.15, 0.2) is 12.2 Å². The molecule has 7 atom stereocenters. The molecule has 0 spiro atoms. The van der Waals surface area contributed by atoms with Crippen LogP contribution in [-0.2, 0) is 65.4 Å². The van der Waals surface area contributed by atoms with E-state index in [-0.39, 0.29) is 25.7 Å². The molecule has 0 radical (unpaired) electrons. The number of carbonyl (C=O) groups is 4. The lowest BCUT2D eigenvalue weighted by molar-refractivity contribution is -0.161. The van der Waals surface area contributed by atoms with E-state index in [0.29, 0.717) is 25.7 Å². The van der Waals surface area contributed by atoms with Crippen LogP contribution in [0.5, 0.6) is 0 Å². The number of rotatable bonds is 79. The fourth-order valence-corrected chi connectivity index (χ4v) is 14.1. The number of phosphoric ester groups is 2. The summed E-state index contributed by atoms with van der Waals surface area (Å²) in [6.45, 7) is 14.3. The van der Waals surface area contributed by atoms with Crippen LogP contribution in [0.4, 0.5) is 0 Å². The second kappa shape index (κ2) is 71.0. The Hall–Kier alpha value is -1.94. The van der Waals surface area contributed by atoms with Gasteiger partial charge < -0.3 is 33.8 Å². The van der Waals surface area contributed by atoms with Gasteiger partial charge in [0.1, 0.15) is 19.3 Å². The third kappa shape index (κ3) is 73.4. The zero-order valence-electron chi connectivity index (χ0n) is 66.5. The van der Waals surface area contributed by atoms with Crippen molar-refractivity contribution in [2.45, 2.75) is 440 Å². The van der Waals surface area contributed by atoms with Crippen molar-refractivity contribution in [2.75, 3.05) is 39.6 Å². The quantitative estimate of drug-likeness (QED) is 0.0222. The van der Waals surface area contributed by atoms with E-state index in [1.54, 1.807) is 0 Å². The summed E-state index contributed by atoms with van der Waals surface area (Å²) >= 11 is 0. The summed E-state index contributed by atoms with van der Waals surface area (Å²) in [7, 11) is -9.92. The third-order valence-electron chi connectivity index (χ3n) is 19.8. The monoisotopic (exact) mass is 1480 g/mol. The predicted octanol–water partition coefficient (Wildman–Crippen LogP) is 24.4. The molecule has 0 aromatic carbocycles. The predicted molar refractivity (Wildman–Crippen MR) is 414 cm³/mol. The van der Waals surface area contributed by atoms with Crippen molar-refractivity contribution in [2.24, 2.45) is 23.7 Å². The Bertz CT molecular complexity index is 1980. The van der Waals surface area contributed by atoms with Crippen LogP contribution in [0.1, 0.15) is 421 Å². The molecule has 0 saturated heterocycles. The second-order valence-electron chi connectivity index (χ2n) is 31.0. The van der Waals surface area contributed by atoms with Crippen LogP contribution in [0.15, 0.2) is 0 Å². The molecule has 600 valence electrons. The van der Waals surface area contributed by atoms with E-state index < -0.39 is 97.5 Å². The van der Waals surface area contributed by atoms with E-state index in [0.717, 1.165) is 114 Å². The topological polar surface area (TPSA) is 237 Å². The Balaban J connectivity index is 5.23. The van der Waals surface area contributed by atoms with Crippen molar-refractivity contribution < 1.29 is 80.2 Å². The molecule has 0 saturated carbocycles. The lowest BCUT2D eigenvalue weighted by atomic mass is 9.99. The van der Waals surface area contributed by atoms with Gasteiger partial charge in [-0.05, 0) is 49.4 Å². The first kappa shape index (κ1) is 99.1. The number of esters is 4. The van der Waals surface area contributed by atoms with Crippen LogP contribution >= 0.6 is 15.6 Å². The second-order valence-corrected chi connectivity index (χ2v) is 33.9. The van der Waals surface area contributed by atoms with Crippen molar-refractivity contribution in [3.05, 3.63) is 0 Å². The fourth-order valence-electron chi connectivity index (χ4n) is 12.5. The number of carbonyl (C=O) groups excluding carboxylic acids is 4. The summed E-state index contributed by atoms with van der Waals surface area (Å²) in [5.41, 5.74) is 0. The number of hydrogen-bond donors (Lipinski definition) is 3. The Morgan fingerprint density at radius 2 is 0.475 bits per heavy atom. The lowest BCUT2D eigenvalue weighted by Gasteiger charge is -2.21. The molecule has 0 amide bonds. The van der Waals surface area contributed by atoms with Gasteiger partial charge in [-0.3, -0.25) is 37.3 Å². The fraction of sp³-hybridized carbons (Fsp3) is 0.951. The third-order valence-corrected chi connectivity index (χ3v) is 21.7. The minimum absolute atomic E-state index is 0.105. The van der Waals surface area contributed by atoms with Gasteiger partial charge in [-0.25, -0.2) is 9.13 Å². The van der Waals surface area contributed by atoms with Gasteiger partial charge in [-0.2, -0.15) is 0 Å². The molecule has 4 unspecified atom stereocenters. The van der Waals surface area contributed by atoms with Gasteiger partial charge in [-0.15, -0.1) is 0 Å². The molecule has 19 heteroatoms. The summed E-state index contributed by atoms with van der Waals surface area (Å²) in [5.74, 6) is 1.05. The first-order valence-electron chi connectivity index (χ1n) is 42.3. The summed E-state index contributed by atoms with van der Waals surface area (Å²) in [6.07, 6.45) is 58.2. The minimum atomic E-state index is -4.96. The molecule has 0 aliphatic rings. The average Bonchev–Trinajstić information content (AvgIpc) is 0.976. The Kier molecular flexibility index (Phi) is 69.6. The Morgan fingerprint density at radius 3 is 0.703 bits per heavy atom. The summed E-state index contributed by atoms with van der Waals surface area (Å²) in [6, 6.07) is 0. The molecule has 0 rings (SSSR count). The minimum Gasteiger partial charge on any atom is -0.462 e. The van der Waals surface area contributed by atoms with Gasteiger partial charge in [0.2, 0.25) is 0 Å². The van der Waals surface area contributed by atoms with Crippen LogP contribution in [-0.4, -0.2) is 96.7 Å². The van der Waals surface area contributed by atoms with E-state index in [4.69, 9.17) is 37.0 Å². The maximum absolute atomic E-state index is 13.1. The molecule has 0 aromatic rings. The van der Waals surface area contributed by atoms with Gasteiger partial charge in [0.05, 0.1) is 26.4 Å².